The van der Waals surface area contributed by atoms with Crippen molar-refractivity contribution in [2.24, 2.45) is 0 Å². The molecule has 4 heteroatoms. The molecule has 3 nitrogen and oxygen atoms in total. The van der Waals surface area contributed by atoms with E-state index >= 15 is 0 Å². The van der Waals surface area contributed by atoms with E-state index in [-0.39, 0.29) is 0 Å². The van der Waals surface area contributed by atoms with E-state index in [4.69, 9.17) is 4.42 Å². The third-order valence-electron chi connectivity index (χ3n) is 9.90. The molecule has 10 aromatic rings. The first-order chi connectivity index (χ1) is 25.2. The minimum absolute atomic E-state index is 0.457. The SMILES string of the molecule is N=C(/C=C(\C=C\c1cccc2c1sc1ccccc12)c1ccccc1)c1ccc(-n2c3ccccc3c3c4c(ccc32)oc2ccccc24)cc1. The zero-order valence-corrected chi connectivity index (χ0v) is 28.3. The highest BCUT2D eigenvalue weighted by Crippen LogP contribution is 2.41. The van der Waals surface area contributed by atoms with Crippen LogP contribution in [0.1, 0.15) is 16.7 Å². The van der Waals surface area contributed by atoms with Crippen LogP contribution in [0.5, 0.6) is 0 Å². The molecule has 0 amide bonds. The van der Waals surface area contributed by atoms with Crippen molar-refractivity contribution in [1.82, 2.24) is 4.57 Å². The first-order valence-corrected chi connectivity index (χ1v) is 17.9. The van der Waals surface area contributed by atoms with E-state index in [0.717, 1.165) is 55.4 Å². The Hall–Kier alpha value is -6.49. The predicted molar refractivity (Wildman–Crippen MR) is 218 cm³/mol. The van der Waals surface area contributed by atoms with Crippen LogP contribution in [-0.2, 0) is 0 Å². The van der Waals surface area contributed by atoms with Crippen LogP contribution in [0, 0.1) is 5.41 Å². The molecule has 0 unspecified atom stereocenters. The van der Waals surface area contributed by atoms with Crippen molar-refractivity contribution in [3.63, 3.8) is 0 Å². The number of nitrogens with zero attached hydrogens (tertiary/aromatic N) is 1. The number of benzene rings is 7. The summed E-state index contributed by atoms with van der Waals surface area (Å²) in [6, 6.07) is 54.9. The van der Waals surface area contributed by atoms with Gasteiger partial charge in [0, 0.05) is 47.4 Å². The minimum atomic E-state index is 0.457. The van der Waals surface area contributed by atoms with Gasteiger partial charge in [-0.1, -0.05) is 127 Å². The number of allylic oxidation sites excluding steroid dienone is 3. The smallest absolute Gasteiger partial charge is 0.136 e. The van der Waals surface area contributed by atoms with E-state index in [2.05, 4.69) is 144 Å². The molecule has 0 fully saturated rings. The van der Waals surface area contributed by atoms with E-state index in [1.54, 1.807) is 0 Å². The average Bonchev–Trinajstić information content (AvgIpc) is 3.86. The maximum atomic E-state index is 9.23. The quantitative estimate of drug-likeness (QED) is 0.139. The van der Waals surface area contributed by atoms with Crippen molar-refractivity contribution in [3.05, 3.63) is 187 Å². The van der Waals surface area contributed by atoms with Gasteiger partial charge in [0.15, 0.2) is 0 Å². The van der Waals surface area contributed by atoms with E-state index in [9.17, 15) is 5.41 Å². The summed E-state index contributed by atoms with van der Waals surface area (Å²) in [7, 11) is 0. The largest absolute Gasteiger partial charge is 0.456 e. The molecule has 10 rings (SSSR count). The number of furan rings is 1. The molecule has 0 aliphatic carbocycles. The topological polar surface area (TPSA) is 41.9 Å². The van der Waals surface area contributed by atoms with Crippen molar-refractivity contribution >= 4 is 92.6 Å². The van der Waals surface area contributed by atoms with Gasteiger partial charge >= 0.3 is 0 Å². The van der Waals surface area contributed by atoms with Crippen LogP contribution in [0.25, 0.3) is 81.3 Å². The molecule has 3 heterocycles. The number of aromatic nitrogens is 1. The summed E-state index contributed by atoms with van der Waals surface area (Å²) in [6.07, 6.45) is 6.32. The van der Waals surface area contributed by atoms with Gasteiger partial charge in [0.05, 0.1) is 16.7 Å². The Kier molecular flexibility index (Phi) is 6.83. The summed E-state index contributed by atoms with van der Waals surface area (Å²) in [5.41, 5.74) is 9.66. The lowest BCUT2D eigenvalue weighted by Crippen LogP contribution is -1.99. The molecule has 0 saturated heterocycles. The third-order valence-corrected chi connectivity index (χ3v) is 11.1. The van der Waals surface area contributed by atoms with E-state index in [1.807, 2.05) is 47.7 Å². The third kappa shape index (κ3) is 4.84. The van der Waals surface area contributed by atoms with E-state index < -0.39 is 0 Å². The molecule has 0 spiro atoms. The molecule has 1 N–H and O–H groups in total. The number of rotatable bonds is 6. The van der Waals surface area contributed by atoms with Crippen LogP contribution in [0.2, 0.25) is 0 Å². The molecule has 3 aromatic heterocycles. The molecule has 0 aliphatic heterocycles. The van der Waals surface area contributed by atoms with Gasteiger partial charge in [0.2, 0.25) is 0 Å². The summed E-state index contributed by atoms with van der Waals surface area (Å²) in [5.74, 6) is 0. The number of fused-ring (bicyclic) bond motifs is 10. The minimum Gasteiger partial charge on any atom is -0.456 e. The predicted octanol–water partition coefficient (Wildman–Crippen LogP) is 13.2. The van der Waals surface area contributed by atoms with Gasteiger partial charge in [-0.15, -0.1) is 11.3 Å². The van der Waals surface area contributed by atoms with E-state index in [1.165, 1.54) is 36.5 Å². The second kappa shape index (κ2) is 11.8. The number of hydrogen-bond acceptors (Lipinski definition) is 3. The Morgan fingerprint density at radius 1 is 0.549 bits per heavy atom. The molecular formula is C47H30N2OS. The summed E-state index contributed by atoms with van der Waals surface area (Å²) in [4.78, 5) is 0. The summed E-state index contributed by atoms with van der Waals surface area (Å²) >= 11 is 1.83. The fourth-order valence-corrected chi connectivity index (χ4v) is 8.72. The normalized spacial score (nSPS) is 12.4. The summed E-state index contributed by atoms with van der Waals surface area (Å²) in [6.45, 7) is 0. The fraction of sp³-hybridized carbons (Fsp3) is 0. The number of para-hydroxylation sites is 2. The number of nitrogens with one attached hydrogen (secondary N) is 1. The maximum absolute atomic E-state index is 9.23. The van der Waals surface area contributed by atoms with Gasteiger partial charge in [0.25, 0.3) is 0 Å². The van der Waals surface area contributed by atoms with Gasteiger partial charge in [-0.3, -0.25) is 0 Å². The number of thiophene rings is 1. The van der Waals surface area contributed by atoms with Crippen molar-refractivity contribution in [1.29, 1.82) is 5.41 Å². The zero-order chi connectivity index (χ0) is 33.9. The van der Waals surface area contributed by atoms with Gasteiger partial charge < -0.3 is 14.4 Å². The zero-order valence-electron chi connectivity index (χ0n) is 27.5. The van der Waals surface area contributed by atoms with Gasteiger partial charge in [-0.2, -0.15) is 0 Å². The molecule has 0 saturated carbocycles. The summed E-state index contributed by atoms with van der Waals surface area (Å²) in [5, 5.41) is 16.5. The Morgan fingerprint density at radius 3 is 2.14 bits per heavy atom. The molecular weight excluding hydrogens is 641 g/mol. The Balaban J connectivity index is 1.04. The fourth-order valence-electron chi connectivity index (χ4n) is 7.52. The molecule has 0 aliphatic rings. The van der Waals surface area contributed by atoms with Gasteiger partial charge in [0.1, 0.15) is 11.2 Å². The van der Waals surface area contributed by atoms with Crippen LogP contribution in [0.3, 0.4) is 0 Å². The van der Waals surface area contributed by atoms with Crippen LogP contribution in [0.4, 0.5) is 0 Å². The van der Waals surface area contributed by atoms with Gasteiger partial charge in [-0.25, -0.2) is 0 Å². The van der Waals surface area contributed by atoms with Crippen LogP contribution < -0.4 is 0 Å². The first kappa shape index (κ1) is 29.4. The molecule has 240 valence electrons. The highest BCUT2D eigenvalue weighted by atomic mass is 32.1. The molecule has 7 aromatic carbocycles. The van der Waals surface area contributed by atoms with Crippen LogP contribution in [-0.4, -0.2) is 10.3 Å². The highest BCUT2D eigenvalue weighted by Gasteiger charge is 2.18. The molecule has 0 radical (unpaired) electrons. The Morgan fingerprint density at radius 2 is 1.27 bits per heavy atom. The monoisotopic (exact) mass is 670 g/mol. The lowest BCUT2D eigenvalue weighted by molar-refractivity contribution is 0.669. The summed E-state index contributed by atoms with van der Waals surface area (Å²) < 4.78 is 11.2. The standard InChI is InChI=1S/C47H30N2OS/c48-39(29-33(30-11-2-1-3-12-30)22-21-32-13-10-17-36-35-14-6-9-20-44(35)51-47(32)36)31-23-25-34(26-24-31)49-40-18-7-4-15-37(40)45-41(49)27-28-43-46(45)38-16-5-8-19-42(38)50-43/h1-29,48H/b22-21+,33-29+,48-39?. The Bertz CT molecular complexity index is 3030. The first-order valence-electron chi connectivity index (χ1n) is 17.1. The van der Waals surface area contributed by atoms with Crippen molar-refractivity contribution in [3.8, 4) is 5.69 Å². The average molecular weight is 671 g/mol. The second-order valence-corrected chi connectivity index (χ2v) is 13.9. The number of hydrogen-bond donors (Lipinski definition) is 1. The van der Waals surface area contributed by atoms with Crippen molar-refractivity contribution in [2.45, 2.75) is 0 Å². The van der Waals surface area contributed by atoms with Gasteiger partial charge in [-0.05, 0) is 70.8 Å². The second-order valence-electron chi connectivity index (χ2n) is 12.9. The lowest BCUT2D eigenvalue weighted by Gasteiger charge is -2.10. The maximum Gasteiger partial charge on any atom is 0.136 e. The van der Waals surface area contributed by atoms with Crippen molar-refractivity contribution in [2.75, 3.05) is 0 Å². The highest BCUT2D eigenvalue weighted by molar-refractivity contribution is 7.26. The Labute approximate surface area is 298 Å². The van der Waals surface area contributed by atoms with Crippen LogP contribution >= 0.6 is 11.3 Å². The van der Waals surface area contributed by atoms with E-state index in [0.29, 0.717) is 5.71 Å². The molecule has 0 bridgehead atoms. The molecule has 0 atom stereocenters. The lowest BCUT2D eigenvalue weighted by atomic mass is 9.99. The molecule has 51 heavy (non-hydrogen) atoms. The van der Waals surface area contributed by atoms with Crippen LogP contribution in [0.15, 0.2) is 174 Å². The van der Waals surface area contributed by atoms with Crippen molar-refractivity contribution < 1.29 is 4.42 Å².